The molecule has 0 saturated carbocycles. The molecule has 0 spiro atoms. The van der Waals surface area contributed by atoms with E-state index in [2.05, 4.69) is 32.7 Å². The Balaban J connectivity index is 2.21. The summed E-state index contributed by atoms with van der Waals surface area (Å²) in [6.45, 7) is 3.69. The van der Waals surface area contributed by atoms with Gasteiger partial charge in [0.2, 0.25) is 0 Å². The first-order valence-electron chi connectivity index (χ1n) is 4.76. The molecule has 1 aromatic heterocycles. The van der Waals surface area contributed by atoms with Crippen LogP contribution in [0.15, 0.2) is 63.9 Å². The molecule has 1 heterocycles. The Morgan fingerprint density at radius 2 is 1.88 bits per heavy atom. The van der Waals surface area contributed by atoms with Gasteiger partial charge in [-0.1, -0.05) is 22.5 Å². The average Bonchev–Trinajstić information content (AvgIpc) is 2.76. The van der Waals surface area contributed by atoms with Gasteiger partial charge in [-0.05, 0) is 36.4 Å². The van der Waals surface area contributed by atoms with Crippen molar-refractivity contribution >= 4 is 33.6 Å². The fraction of sp³-hybridized carbons (Fsp3) is 0. The molecule has 0 aliphatic rings. The van der Waals surface area contributed by atoms with Crippen molar-refractivity contribution in [2.24, 2.45) is 10.2 Å². The molecule has 4 heteroatoms. The molecule has 0 radical (unpaired) electrons. The van der Waals surface area contributed by atoms with Crippen LogP contribution in [0.5, 0.6) is 0 Å². The molecule has 3 nitrogen and oxygen atoms in total. The Bertz CT molecular complexity index is 511. The highest BCUT2D eigenvalue weighted by Gasteiger charge is 1.95. The molecule has 80 valence electrons. The van der Waals surface area contributed by atoms with Gasteiger partial charge in [-0.2, -0.15) is 0 Å². The zero-order valence-corrected chi connectivity index (χ0v) is 10.1. The lowest BCUT2D eigenvalue weighted by Gasteiger charge is -1.96. The molecule has 0 unspecified atom stereocenters. The van der Waals surface area contributed by atoms with Crippen LogP contribution in [0.3, 0.4) is 0 Å². The Hall–Kier alpha value is -1.68. The second-order valence-corrected chi connectivity index (χ2v) is 4.05. The monoisotopic (exact) mass is 275 g/mol. The molecule has 0 aliphatic carbocycles. The van der Waals surface area contributed by atoms with Crippen LogP contribution in [-0.4, -0.2) is 4.57 Å². The quantitative estimate of drug-likeness (QED) is 0.723. The van der Waals surface area contributed by atoms with Gasteiger partial charge in [0.05, 0.1) is 5.69 Å². The second kappa shape index (κ2) is 4.90. The summed E-state index contributed by atoms with van der Waals surface area (Å²) < 4.78 is 2.84. The number of rotatable bonds is 3. The highest BCUT2D eigenvalue weighted by atomic mass is 79.9. The van der Waals surface area contributed by atoms with Crippen LogP contribution < -0.4 is 0 Å². The SMILES string of the molecule is C=Cn1cccc1N=Nc1ccc(Br)cc1. The number of benzene rings is 1. The molecule has 0 aliphatic heterocycles. The van der Waals surface area contributed by atoms with Gasteiger partial charge >= 0.3 is 0 Å². The molecular weight excluding hydrogens is 266 g/mol. The molecule has 0 atom stereocenters. The predicted molar refractivity (Wildman–Crippen MR) is 69.1 cm³/mol. The first-order valence-corrected chi connectivity index (χ1v) is 5.55. The van der Waals surface area contributed by atoms with Crippen LogP contribution >= 0.6 is 15.9 Å². The first kappa shape index (κ1) is 10.8. The van der Waals surface area contributed by atoms with E-state index >= 15 is 0 Å². The van der Waals surface area contributed by atoms with Crippen molar-refractivity contribution < 1.29 is 0 Å². The standard InChI is InChI=1S/C12H10BrN3/c1-2-16-9-3-4-12(16)15-14-11-7-5-10(13)6-8-11/h2-9H,1H2. The summed E-state index contributed by atoms with van der Waals surface area (Å²) in [5.41, 5.74) is 0.819. The van der Waals surface area contributed by atoms with Crippen molar-refractivity contribution in [1.82, 2.24) is 4.57 Å². The molecular formula is C12H10BrN3. The van der Waals surface area contributed by atoms with Gasteiger partial charge in [0.25, 0.3) is 0 Å². The minimum absolute atomic E-state index is 0.762. The molecule has 2 rings (SSSR count). The summed E-state index contributed by atoms with van der Waals surface area (Å²) in [5.74, 6) is 0.762. The number of hydrogen-bond donors (Lipinski definition) is 0. The number of aromatic nitrogens is 1. The highest BCUT2D eigenvalue weighted by Crippen LogP contribution is 2.20. The predicted octanol–water partition coefficient (Wildman–Crippen LogP) is 4.77. The lowest BCUT2D eigenvalue weighted by molar-refractivity contribution is 1.09. The first-order chi connectivity index (χ1) is 7.79. The molecule has 1 aromatic carbocycles. The number of nitrogens with zero attached hydrogens (tertiary/aromatic N) is 3. The van der Waals surface area contributed by atoms with Crippen LogP contribution in [0, 0.1) is 0 Å². The summed E-state index contributed by atoms with van der Waals surface area (Å²) in [5, 5.41) is 8.27. The maximum atomic E-state index is 4.14. The van der Waals surface area contributed by atoms with E-state index in [4.69, 9.17) is 0 Å². The summed E-state index contributed by atoms with van der Waals surface area (Å²) in [6.07, 6.45) is 3.57. The minimum atomic E-state index is 0.762. The van der Waals surface area contributed by atoms with Crippen molar-refractivity contribution in [3.8, 4) is 0 Å². The van der Waals surface area contributed by atoms with Gasteiger partial charge < -0.3 is 4.57 Å². The largest absolute Gasteiger partial charge is 0.308 e. The van der Waals surface area contributed by atoms with E-state index in [1.165, 1.54) is 0 Å². The maximum absolute atomic E-state index is 4.14. The Labute approximate surface area is 102 Å². The molecule has 0 fully saturated rings. The third-order valence-electron chi connectivity index (χ3n) is 2.05. The van der Waals surface area contributed by atoms with Gasteiger partial charge in [0.15, 0.2) is 5.82 Å². The highest BCUT2D eigenvalue weighted by molar-refractivity contribution is 9.10. The average molecular weight is 276 g/mol. The third-order valence-corrected chi connectivity index (χ3v) is 2.58. The van der Waals surface area contributed by atoms with Crippen molar-refractivity contribution in [3.63, 3.8) is 0 Å². The van der Waals surface area contributed by atoms with Crippen molar-refractivity contribution in [2.45, 2.75) is 0 Å². The molecule has 16 heavy (non-hydrogen) atoms. The van der Waals surface area contributed by atoms with E-state index in [0.29, 0.717) is 0 Å². The molecule has 0 amide bonds. The Morgan fingerprint density at radius 1 is 1.12 bits per heavy atom. The minimum Gasteiger partial charge on any atom is -0.308 e. The maximum Gasteiger partial charge on any atom is 0.159 e. The fourth-order valence-electron chi connectivity index (χ4n) is 1.24. The summed E-state index contributed by atoms with van der Waals surface area (Å²) in [4.78, 5) is 0. The van der Waals surface area contributed by atoms with E-state index in [9.17, 15) is 0 Å². The number of hydrogen-bond acceptors (Lipinski definition) is 2. The van der Waals surface area contributed by atoms with Gasteiger partial charge in [-0.25, -0.2) is 0 Å². The van der Waals surface area contributed by atoms with E-state index in [0.717, 1.165) is 16.0 Å². The summed E-state index contributed by atoms with van der Waals surface area (Å²) in [7, 11) is 0. The molecule has 0 bridgehead atoms. The second-order valence-electron chi connectivity index (χ2n) is 3.13. The van der Waals surface area contributed by atoms with E-state index < -0.39 is 0 Å². The number of halogens is 1. The van der Waals surface area contributed by atoms with E-state index in [1.807, 2.05) is 47.2 Å². The summed E-state index contributed by atoms with van der Waals surface area (Å²) >= 11 is 3.37. The van der Waals surface area contributed by atoms with Crippen molar-refractivity contribution in [2.75, 3.05) is 0 Å². The van der Waals surface area contributed by atoms with Crippen LogP contribution in [0.4, 0.5) is 11.5 Å². The molecule has 2 aromatic rings. The van der Waals surface area contributed by atoms with Crippen LogP contribution in [0.1, 0.15) is 0 Å². The fourth-order valence-corrected chi connectivity index (χ4v) is 1.50. The van der Waals surface area contributed by atoms with Gasteiger partial charge in [-0.15, -0.1) is 10.2 Å². The lowest BCUT2D eigenvalue weighted by Crippen LogP contribution is -1.78. The van der Waals surface area contributed by atoms with Gasteiger partial charge in [0.1, 0.15) is 0 Å². The summed E-state index contributed by atoms with van der Waals surface area (Å²) in [6, 6.07) is 11.4. The normalized spacial score (nSPS) is 10.8. The number of azo groups is 1. The third kappa shape index (κ3) is 2.46. The smallest absolute Gasteiger partial charge is 0.159 e. The lowest BCUT2D eigenvalue weighted by atomic mass is 10.3. The topological polar surface area (TPSA) is 29.6 Å². The molecule has 0 N–H and O–H groups in total. The van der Waals surface area contributed by atoms with Gasteiger partial charge in [-0.3, -0.25) is 0 Å². The van der Waals surface area contributed by atoms with Crippen LogP contribution in [0.25, 0.3) is 6.20 Å². The van der Waals surface area contributed by atoms with E-state index in [1.54, 1.807) is 6.20 Å². The van der Waals surface area contributed by atoms with Crippen molar-refractivity contribution in [3.05, 3.63) is 53.6 Å². The van der Waals surface area contributed by atoms with E-state index in [-0.39, 0.29) is 0 Å². The van der Waals surface area contributed by atoms with Crippen LogP contribution in [-0.2, 0) is 0 Å². The zero-order valence-electron chi connectivity index (χ0n) is 8.55. The Morgan fingerprint density at radius 3 is 2.56 bits per heavy atom. The van der Waals surface area contributed by atoms with Crippen LogP contribution in [0.2, 0.25) is 0 Å². The molecule has 0 saturated heterocycles. The zero-order chi connectivity index (χ0) is 11.4. The van der Waals surface area contributed by atoms with Gasteiger partial charge in [0, 0.05) is 16.9 Å². The Kier molecular flexibility index (Phi) is 3.31. The van der Waals surface area contributed by atoms with Crippen molar-refractivity contribution in [1.29, 1.82) is 0 Å².